The Kier molecular flexibility index (Phi) is 40.6. The monoisotopic (exact) mass is 876 g/mol. The minimum absolute atomic E-state index is 0.0172. The van der Waals surface area contributed by atoms with E-state index < -0.39 is 6.10 Å². The average molecular weight is 876 g/mol. The smallest absolute Gasteiger partial charge is 0.306 e. The van der Waals surface area contributed by atoms with E-state index in [2.05, 4.69) is 36.1 Å². The molecule has 1 unspecified atom stereocenters. The zero-order valence-corrected chi connectivity index (χ0v) is 40.6. The van der Waals surface area contributed by atoms with Gasteiger partial charge in [0, 0.05) is 32.0 Å². The third-order valence-corrected chi connectivity index (χ3v) is 12.2. The maximum absolute atomic E-state index is 12.9. The van der Waals surface area contributed by atoms with Crippen molar-refractivity contribution in [3.05, 3.63) is 18.0 Å². The molecule has 0 saturated heterocycles. The molecule has 0 fully saturated rings. The van der Waals surface area contributed by atoms with E-state index in [1.165, 1.54) is 115 Å². The van der Waals surface area contributed by atoms with E-state index in [4.69, 9.17) is 14.0 Å². The predicted molar refractivity (Wildman–Crippen MR) is 255 cm³/mol. The molecule has 1 rings (SSSR count). The number of hydrogen-bond acceptors (Lipinski definition) is 9. The number of amides is 1. The van der Waals surface area contributed by atoms with Gasteiger partial charge >= 0.3 is 11.9 Å². The van der Waals surface area contributed by atoms with E-state index in [0.717, 1.165) is 116 Å². The Labute approximate surface area is 380 Å². The van der Waals surface area contributed by atoms with Gasteiger partial charge in [0.15, 0.2) is 0 Å². The Morgan fingerprint density at radius 3 is 1.61 bits per heavy atom. The zero-order chi connectivity index (χ0) is 45.0. The lowest BCUT2D eigenvalue weighted by Gasteiger charge is -2.25. The van der Waals surface area contributed by atoms with E-state index in [-0.39, 0.29) is 29.7 Å². The number of unbranched alkanes of at least 4 members (excludes halogenated alkanes) is 25. The fourth-order valence-corrected chi connectivity index (χ4v) is 8.21. The van der Waals surface area contributed by atoms with Gasteiger partial charge in [-0.1, -0.05) is 167 Å². The first kappa shape index (κ1) is 57.6. The Hall–Kier alpha value is -2.46. The third kappa shape index (κ3) is 37.0. The van der Waals surface area contributed by atoms with Crippen molar-refractivity contribution in [1.82, 2.24) is 15.4 Å². The summed E-state index contributed by atoms with van der Waals surface area (Å²) in [7, 11) is 0. The summed E-state index contributed by atoms with van der Waals surface area (Å²) in [5.74, 6) is -0.164. The fourth-order valence-electron chi connectivity index (χ4n) is 8.21. The number of nitrogens with one attached hydrogen (secondary N) is 1. The second-order valence-electron chi connectivity index (χ2n) is 18.2. The molecule has 0 radical (unpaired) electrons. The number of ether oxygens (including phenoxy) is 2. The maximum Gasteiger partial charge on any atom is 0.306 e. The molecule has 0 spiro atoms. The minimum atomic E-state index is -0.437. The molecule has 0 saturated carbocycles. The number of nitrogens with zero attached hydrogens (tertiary/aromatic N) is 2. The zero-order valence-electron chi connectivity index (χ0n) is 40.6. The highest BCUT2D eigenvalue weighted by Gasteiger charge is 2.16. The van der Waals surface area contributed by atoms with Crippen LogP contribution in [0.2, 0.25) is 0 Å². The SMILES string of the molecule is CCCCCCCCCCCOC(=O)CCCCCN(CCCCCCCC(=O)OC(CCCCCCCC)CCCCCCCC)CC(O)CCCCNC(=O)c1ccno1. The summed E-state index contributed by atoms with van der Waals surface area (Å²) in [6, 6.07) is 1.54. The van der Waals surface area contributed by atoms with Gasteiger partial charge in [0.25, 0.3) is 5.91 Å². The number of aliphatic hydroxyl groups is 1. The number of rotatable bonds is 47. The van der Waals surface area contributed by atoms with Gasteiger partial charge in [0.05, 0.1) is 18.9 Å². The molecule has 1 aromatic heterocycles. The van der Waals surface area contributed by atoms with Crippen molar-refractivity contribution in [3.63, 3.8) is 0 Å². The molecule has 0 aromatic carbocycles. The van der Waals surface area contributed by atoms with Crippen molar-refractivity contribution in [1.29, 1.82) is 0 Å². The van der Waals surface area contributed by atoms with Gasteiger partial charge in [0.2, 0.25) is 5.76 Å². The molecule has 1 aromatic rings. The normalized spacial score (nSPS) is 12.0. The van der Waals surface area contributed by atoms with E-state index in [1.54, 1.807) is 6.07 Å². The molecular formula is C52H97N3O7. The van der Waals surface area contributed by atoms with Crippen LogP contribution in [0.4, 0.5) is 0 Å². The summed E-state index contributed by atoms with van der Waals surface area (Å²) < 4.78 is 16.5. The van der Waals surface area contributed by atoms with Crippen LogP contribution in [0.15, 0.2) is 16.8 Å². The van der Waals surface area contributed by atoms with Gasteiger partial charge in [-0.2, -0.15) is 0 Å². The van der Waals surface area contributed by atoms with Crippen LogP contribution >= 0.6 is 0 Å². The summed E-state index contributed by atoms with van der Waals surface area (Å²) in [5.41, 5.74) is 0. The van der Waals surface area contributed by atoms with Crippen LogP contribution < -0.4 is 5.32 Å². The summed E-state index contributed by atoms with van der Waals surface area (Å²) in [6.07, 6.45) is 40.7. The van der Waals surface area contributed by atoms with Crippen molar-refractivity contribution in [2.75, 3.05) is 32.8 Å². The van der Waals surface area contributed by atoms with Crippen molar-refractivity contribution in [2.45, 2.75) is 264 Å². The van der Waals surface area contributed by atoms with E-state index in [9.17, 15) is 19.5 Å². The number of carbonyl (C=O) groups excluding carboxylic acids is 3. The van der Waals surface area contributed by atoms with Crippen LogP contribution in [-0.4, -0.2) is 78.0 Å². The molecule has 0 aliphatic heterocycles. The summed E-state index contributed by atoms with van der Waals surface area (Å²) in [4.78, 5) is 39.7. The average Bonchev–Trinajstić information content (AvgIpc) is 3.81. The highest BCUT2D eigenvalue weighted by Crippen LogP contribution is 2.19. The Morgan fingerprint density at radius 1 is 0.597 bits per heavy atom. The second kappa shape index (κ2) is 43.8. The van der Waals surface area contributed by atoms with Crippen molar-refractivity contribution >= 4 is 17.8 Å². The third-order valence-electron chi connectivity index (χ3n) is 12.2. The largest absolute Gasteiger partial charge is 0.466 e. The number of aliphatic hydroxyl groups excluding tert-OH is 1. The van der Waals surface area contributed by atoms with Crippen molar-refractivity contribution in [3.8, 4) is 0 Å². The lowest BCUT2D eigenvalue weighted by atomic mass is 10.0. The van der Waals surface area contributed by atoms with E-state index in [1.807, 2.05) is 0 Å². The molecule has 0 bridgehead atoms. The Balaban J connectivity index is 2.39. The summed E-state index contributed by atoms with van der Waals surface area (Å²) >= 11 is 0. The molecule has 0 aliphatic rings. The van der Waals surface area contributed by atoms with Crippen LogP contribution in [0, 0.1) is 0 Å². The van der Waals surface area contributed by atoms with Gasteiger partial charge < -0.3 is 29.3 Å². The molecule has 1 heterocycles. The first-order chi connectivity index (χ1) is 30.4. The molecule has 10 nitrogen and oxygen atoms in total. The first-order valence-electron chi connectivity index (χ1n) is 26.3. The highest BCUT2D eigenvalue weighted by molar-refractivity contribution is 5.91. The summed E-state index contributed by atoms with van der Waals surface area (Å²) in [5, 5.41) is 17.4. The number of carbonyl (C=O) groups is 3. The first-order valence-corrected chi connectivity index (χ1v) is 26.3. The highest BCUT2D eigenvalue weighted by atomic mass is 16.5. The van der Waals surface area contributed by atoms with Crippen LogP contribution in [0.3, 0.4) is 0 Å². The molecule has 2 N–H and O–H groups in total. The second-order valence-corrected chi connectivity index (χ2v) is 18.2. The maximum atomic E-state index is 12.9. The van der Waals surface area contributed by atoms with Gasteiger partial charge in [-0.3, -0.25) is 14.4 Å². The van der Waals surface area contributed by atoms with Crippen LogP contribution in [-0.2, 0) is 19.1 Å². The standard InChI is InChI=1S/C52H97N3O7/c1-4-7-10-13-16-17-18-24-34-45-60-50(57)38-29-25-33-44-55(46-47(56)35-30-31-41-53-52(59)49-40-42-54-62-49)43-32-23-19-22-28-39-51(58)61-48(36-26-20-14-11-8-5-2)37-27-21-15-12-9-6-3/h40,42,47-48,56H,4-39,41,43-46H2,1-3H3,(H,53,59). The topological polar surface area (TPSA) is 131 Å². The van der Waals surface area contributed by atoms with E-state index >= 15 is 0 Å². The number of hydrogen-bond donors (Lipinski definition) is 2. The lowest BCUT2D eigenvalue weighted by Crippen LogP contribution is -2.34. The molecule has 362 valence electrons. The van der Waals surface area contributed by atoms with Crippen LogP contribution in [0.1, 0.15) is 262 Å². The van der Waals surface area contributed by atoms with Crippen molar-refractivity contribution < 1.29 is 33.5 Å². The van der Waals surface area contributed by atoms with Gasteiger partial charge in [-0.25, -0.2) is 0 Å². The van der Waals surface area contributed by atoms with Crippen LogP contribution in [0.5, 0.6) is 0 Å². The van der Waals surface area contributed by atoms with E-state index in [0.29, 0.717) is 39.0 Å². The quantitative estimate of drug-likeness (QED) is 0.0485. The molecule has 0 aliphatic carbocycles. The van der Waals surface area contributed by atoms with Gasteiger partial charge in [-0.05, 0) is 90.1 Å². The number of aromatic nitrogens is 1. The molecule has 10 heteroatoms. The fraction of sp³-hybridized carbons (Fsp3) is 0.885. The molecule has 1 atom stereocenters. The summed E-state index contributed by atoms with van der Waals surface area (Å²) in [6.45, 7) is 10.3. The number of esters is 2. The lowest BCUT2D eigenvalue weighted by molar-refractivity contribution is -0.150. The van der Waals surface area contributed by atoms with Crippen LogP contribution in [0.25, 0.3) is 0 Å². The Morgan fingerprint density at radius 2 is 1.06 bits per heavy atom. The molecule has 1 amide bonds. The predicted octanol–water partition coefficient (Wildman–Crippen LogP) is 13.6. The van der Waals surface area contributed by atoms with Gasteiger partial charge in [0.1, 0.15) is 6.10 Å². The molecular weight excluding hydrogens is 779 g/mol. The van der Waals surface area contributed by atoms with Gasteiger partial charge in [-0.15, -0.1) is 0 Å². The molecule has 62 heavy (non-hydrogen) atoms. The Bertz CT molecular complexity index is 1120. The van der Waals surface area contributed by atoms with Crippen molar-refractivity contribution in [2.24, 2.45) is 0 Å². The minimum Gasteiger partial charge on any atom is -0.466 e.